The maximum absolute atomic E-state index is 12.3. The second kappa shape index (κ2) is 6.94. The predicted molar refractivity (Wildman–Crippen MR) is 90.2 cm³/mol. The van der Waals surface area contributed by atoms with Crippen LogP contribution in [0.4, 0.5) is 5.13 Å². The zero-order chi connectivity index (χ0) is 15.5. The summed E-state index contributed by atoms with van der Waals surface area (Å²) in [6.45, 7) is 0. The van der Waals surface area contributed by atoms with E-state index in [1.54, 1.807) is 18.2 Å². The summed E-state index contributed by atoms with van der Waals surface area (Å²) in [6, 6.07) is 4.97. The zero-order valence-electron chi connectivity index (χ0n) is 11.8. The van der Waals surface area contributed by atoms with Crippen LogP contribution in [-0.4, -0.2) is 16.1 Å². The van der Waals surface area contributed by atoms with Crippen molar-refractivity contribution in [3.8, 4) is 0 Å². The fourth-order valence-electron chi connectivity index (χ4n) is 2.67. The number of aromatic nitrogens is 2. The minimum atomic E-state index is -0.359. The van der Waals surface area contributed by atoms with Crippen LogP contribution in [0.15, 0.2) is 18.2 Å². The van der Waals surface area contributed by atoms with Crippen molar-refractivity contribution in [2.45, 2.75) is 38.0 Å². The molecule has 1 aliphatic carbocycles. The molecule has 0 saturated heterocycles. The number of hydrogen-bond acceptors (Lipinski definition) is 4. The van der Waals surface area contributed by atoms with E-state index in [1.165, 1.54) is 30.6 Å². The van der Waals surface area contributed by atoms with E-state index in [2.05, 4.69) is 15.5 Å². The first kappa shape index (κ1) is 15.7. The van der Waals surface area contributed by atoms with Crippen LogP contribution in [0.2, 0.25) is 10.0 Å². The second-order valence-electron chi connectivity index (χ2n) is 5.33. The highest BCUT2D eigenvalue weighted by Crippen LogP contribution is 2.35. The molecule has 2 aromatic rings. The number of rotatable bonds is 3. The van der Waals surface area contributed by atoms with E-state index in [0.717, 1.165) is 17.8 Å². The molecule has 1 aliphatic rings. The van der Waals surface area contributed by atoms with Gasteiger partial charge in [-0.15, -0.1) is 10.2 Å². The van der Waals surface area contributed by atoms with Crippen LogP contribution in [0.1, 0.15) is 53.4 Å². The van der Waals surface area contributed by atoms with Gasteiger partial charge in [-0.2, -0.15) is 0 Å². The van der Waals surface area contributed by atoms with Crippen molar-refractivity contribution >= 4 is 45.6 Å². The van der Waals surface area contributed by atoms with Gasteiger partial charge >= 0.3 is 0 Å². The fourth-order valence-corrected chi connectivity index (χ4v) is 4.15. The number of nitrogens with one attached hydrogen (secondary N) is 1. The summed E-state index contributed by atoms with van der Waals surface area (Å²) in [4.78, 5) is 12.3. The van der Waals surface area contributed by atoms with Gasteiger partial charge in [-0.25, -0.2) is 0 Å². The van der Waals surface area contributed by atoms with Gasteiger partial charge in [0.1, 0.15) is 5.01 Å². The summed E-state index contributed by atoms with van der Waals surface area (Å²) >= 11 is 13.5. The highest BCUT2D eigenvalue weighted by molar-refractivity contribution is 7.15. The molecule has 22 heavy (non-hydrogen) atoms. The Labute approximate surface area is 142 Å². The molecule has 0 unspecified atom stereocenters. The lowest BCUT2D eigenvalue weighted by Crippen LogP contribution is -2.12. The molecule has 7 heteroatoms. The summed E-state index contributed by atoms with van der Waals surface area (Å²) in [5, 5.41) is 13.2. The summed E-state index contributed by atoms with van der Waals surface area (Å²) < 4.78 is 0. The van der Waals surface area contributed by atoms with Gasteiger partial charge in [0.25, 0.3) is 5.91 Å². The molecule has 0 bridgehead atoms. The van der Waals surface area contributed by atoms with Gasteiger partial charge < -0.3 is 0 Å². The van der Waals surface area contributed by atoms with E-state index >= 15 is 0 Å². The number of hydrogen-bond donors (Lipinski definition) is 1. The monoisotopic (exact) mass is 355 g/mol. The van der Waals surface area contributed by atoms with Crippen LogP contribution in [-0.2, 0) is 0 Å². The Morgan fingerprint density at radius 3 is 2.50 bits per heavy atom. The molecule has 1 N–H and O–H groups in total. The number of carbonyl (C=O) groups is 1. The molecule has 1 aromatic carbocycles. The van der Waals surface area contributed by atoms with Crippen molar-refractivity contribution in [3.63, 3.8) is 0 Å². The molecule has 1 amide bonds. The minimum absolute atomic E-state index is 0.264. The number of halogens is 2. The molecule has 1 aromatic heterocycles. The number of anilines is 1. The lowest BCUT2D eigenvalue weighted by atomic mass is 9.90. The van der Waals surface area contributed by atoms with Crippen LogP contribution in [0.3, 0.4) is 0 Å². The largest absolute Gasteiger partial charge is 0.296 e. The number of carbonyl (C=O) groups excluding carboxylic acids is 1. The van der Waals surface area contributed by atoms with Gasteiger partial charge in [0.2, 0.25) is 5.13 Å². The van der Waals surface area contributed by atoms with Crippen molar-refractivity contribution in [2.75, 3.05) is 5.32 Å². The summed E-state index contributed by atoms with van der Waals surface area (Å²) in [5.41, 5.74) is 0.264. The van der Waals surface area contributed by atoms with E-state index in [1.807, 2.05) is 0 Å². The normalized spacial score (nSPS) is 15.7. The van der Waals surface area contributed by atoms with Crippen LogP contribution < -0.4 is 5.32 Å². The molecule has 4 nitrogen and oxygen atoms in total. The number of benzene rings is 1. The maximum atomic E-state index is 12.3. The maximum Gasteiger partial charge on any atom is 0.260 e. The van der Waals surface area contributed by atoms with E-state index < -0.39 is 0 Å². The van der Waals surface area contributed by atoms with E-state index in [9.17, 15) is 4.79 Å². The topological polar surface area (TPSA) is 54.9 Å². The van der Waals surface area contributed by atoms with Crippen molar-refractivity contribution in [1.29, 1.82) is 0 Å². The van der Waals surface area contributed by atoms with Gasteiger partial charge in [0.05, 0.1) is 15.6 Å². The van der Waals surface area contributed by atoms with Crippen molar-refractivity contribution in [2.24, 2.45) is 0 Å². The molecule has 1 saturated carbocycles. The highest BCUT2D eigenvalue weighted by Gasteiger charge is 2.21. The first-order valence-corrected chi connectivity index (χ1v) is 8.81. The third-order valence-electron chi connectivity index (χ3n) is 3.81. The summed E-state index contributed by atoms with van der Waals surface area (Å²) in [6.07, 6.45) is 6.07. The van der Waals surface area contributed by atoms with Crippen LogP contribution in [0, 0.1) is 0 Å². The van der Waals surface area contributed by atoms with Crippen LogP contribution in [0.25, 0.3) is 0 Å². The predicted octanol–water partition coefficient (Wildman–Crippen LogP) is 5.14. The number of nitrogens with zero attached hydrogens (tertiary/aromatic N) is 2. The average molecular weight is 356 g/mol. The first-order chi connectivity index (χ1) is 10.6. The molecule has 3 rings (SSSR count). The lowest BCUT2D eigenvalue weighted by molar-refractivity contribution is 0.102. The zero-order valence-corrected chi connectivity index (χ0v) is 14.1. The quantitative estimate of drug-likeness (QED) is 0.828. The lowest BCUT2D eigenvalue weighted by Gasteiger charge is -2.18. The van der Waals surface area contributed by atoms with Gasteiger partial charge in [-0.05, 0) is 25.0 Å². The Balaban J connectivity index is 1.73. The van der Waals surface area contributed by atoms with Crippen molar-refractivity contribution in [1.82, 2.24) is 10.2 Å². The van der Waals surface area contributed by atoms with Gasteiger partial charge in [-0.1, -0.05) is 59.9 Å². The van der Waals surface area contributed by atoms with Crippen molar-refractivity contribution in [3.05, 3.63) is 38.8 Å². The third kappa shape index (κ3) is 3.42. The second-order valence-corrected chi connectivity index (χ2v) is 7.15. The average Bonchev–Trinajstić information content (AvgIpc) is 2.96. The molecule has 0 atom stereocenters. The third-order valence-corrected chi connectivity index (χ3v) is 5.44. The van der Waals surface area contributed by atoms with Gasteiger partial charge in [0.15, 0.2) is 0 Å². The molecule has 0 aliphatic heterocycles. The van der Waals surface area contributed by atoms with E-state index in [4.69, 9.17) is 23.2 Å². The van der Waals surface area contributed by atoms with Crippen LogP contribution in [0.5, 0.6) is 0 Å². The Bertz CT molecular complexity index is 663. The highest BCUT2D eigenvalue weighted by atomic mass is 35.5. The van der Waals surface area contributed by atoms with Crippen molar-refractivity contribution < 1.29 is 4.79 Å². The standard InChI is InChI=1S/C15H15Cl2N3OS/c16-10-7-4-8-11(17)12(10)13(21)18-15-20-19-14(22-15)9-5-2-1-3-6-9/h4,7-9H,1-3,5-6H2,(H,18,20,21). The molecule has 0 spiro atoms. The Hall–Kier alpha value is -1.17. The first-order valence-electron chi connectivity index (χ1n) is 7.24. The molecular formula is C15H15Cl2N3OS. The summed E-state index contributed by atoms with van der Waals surface area (Å²) in [5.74, 6) is 0.114. The molecule has 0 radical (unpaired) electrons. The summed E-state index contributed by atoms with van der Waals surface area (Å²) in [7, 11) is 0. The molecular weight excluding hydrogens is 341 g/mol. The van der Waals surface area contributed by atoms with E-state index in [-0.39, 0.29) is 11.5 Å². The SMILES string of the molecule is O=C(Nc1nnc(C2CCCCC2)s1)c1c(Cl)cccc1Cl. The van der Waals surface area contributed by atoms with Gasteiger partial charge in [-0.3, -0.25) is 10.1 Å². The smallest absolute Gasteiger partial charge is 0.260 e. The van der Waals surface area contributed by atoms with Crippen LogP contribution >= 0.6 is 34.5 Å². The molecule has 116 valence electrons. The van der Waals surface area contributed by atoms with E-state index in [0.29, 0.717) is 21.1 Å². The minimum Gasteiger partial charge on any atom is -0.296 e. The Kier molecular flexibility index (Phi) is 4.96. The molecule has 1 fully saturated rings. The Morgan fingerprint density at radius 1 is 1.14 bits per heavy atom. The van der Waals surface area contributed by atoms with Gasteiger partial charge in [0, 0.05) is 5.92 Å². The fraction of sp³-hybridized carbons (Fsp3) is 0.400. The number of amides is 1. The molecule has 1 heterocycles. The Morgan fingerprint density at radius 2 is 1.82 bits per heavy atom.